The highest BCUT2D eigenvalue weighted by Gasteiger charge is 2.33. The molecule has 12 heteroatoms. The number of carbonyl (C=O) groups is 3. The Bertz CT molecular complexity index is 1050. The Morgan fingerprint density at radius 3 is 2.44 bits per heavy atom. The Kier molecular flexibility index (Phi) is 7.94. The van der Waals surface area contributed by atoms with Crippen LogP contribution in [-0.2, 0) is 30.9 Å². The summed E-state index contributed by atoms with van der Waals surface area (Å²) in [7, 11) is -3.78. The minimum absolute atomic E-state index is 0.0195. The summed E-state index contributed by atoms with van der Waals surface area (Å²) in [4.78, 5) is 36.6. The van der Waals surface area contributed by atoms with Crippen molar-refractivity contribution in [1.82, 2.24) is 14.9 Å². The highest BCUT2D eigenvalue weighted by atomic mass is 32.2. The number of rotatable bonds is 7. The van der Waals surface area contributed by atoms with Gasteiger partial charge in [-0.3, -0.25) is 14.9 Å². The zero-order valence-electron chi connectivity index (χ0n) is 17.0. The average Bonchev–Trinajstić information content (AvgIpc) is 3.30. The minimum atomic E-state index is -3.78. The van der Waals surface area contributed by atoms with Gasteiger partial charge in [0.15, 0.2) is 6.61 Å². The SMILES string of the molecule is O=C(COC(=O)C1CCN(S(=O)(=O)c2ccc(F)cc2)CC1)NC(=O)NCc1cccs1. The number of urea groups is 1. The van der Waals surface area contributed by atoms with E-state index >= 15 is 0 Å². The van der Waals surface area contributed by atoms with Gasteiger partial charge in [-0.2, -0.15) is 4.31 Å². The molecule has 3 amide bonds. The summed E-state index contributed by atoms with van der Waals surface area (Å²) in [5.74, 6) is -2.49. The van der Waals surface area contributed by atoms with Gasteiger partial charge in [0.05, 0.1) is 17.4 Å². The van der Waals surface area contributed by atoms with E-state index in [-0.39, 0.29) is 37.4 Å². The molecule has 0 unspecified atom stereocenters. The molecule has 2 aromatic rings. The fraction of sp³-hybridized carbons (Fsp3) is 0.350. The van der Waals surface area contributed by atoms with Crippen LogP contribution in [-0.4, -0.2) is 50.3 Å². The molecule has 1 aliphatic rings. The fourth-order valence-electron chi connectivity index (χ4n) is 3.13. The van der Waals surface area contributed by atoms with Gasteiger partial charge < -0.3 is 10.1 Å². The Hall–Kier alpha value is -2.83. The Balaban J connectivity index is 1.40. The van der Waals surface area contributed by atoms with Crippen LogP contribution >= 0.6 is 11.3 Å². The molecule has 0 spiro atoms. The number of nitrogens with zero attached hydrogens (tertiary/aromatic N) is 1. The van der Waals surface area contributed by atoms with Crippen LogP contribution < -0.4 is 10.6 Å². The first-order valence-electron chi connectivity index (χ1n) is 9.78. The standard InChI is InChI=1S/C20H22FN3O6S2/c21-15-3-5-17(6-4-15)32(28,29)24-9-7-14(8-10-24)19(26)30-13-18(25)23-20(27)22-12-16-2-1-11-31-16/h1-6,11,14H,7-10,12-13H2,(H2,22,23,25,27). The molecular formula is C20H22FN3O6S2. The van der Waals surface area contributed by atoms with Crippen LogP contribution in [0.4, 0.5) is 9.18 Å². The van der Waals surface area contributed by atoms with Crippen LogP contribution in [0.2, 0.25) is 0 Å². The van der Waals surface area contributed by atoms with E-state index in [0.29, 0.717) is 0 Å². The molecule has 0 radical (unpaired) electrons. The number of halogens is 1. The normalized spacial score (nSPS) is 15.2. The van der Waals surface area contributed by atoms with Gasteiger partial charge in [-0.05, 0) is 48.6 Å². The lowest BCUT2D eigenvalue weighted by Crippen LogP contribution is -2.42. The summed E-state index contributed by atoms with van der Waals surface area (Å²) < 4.78 is 44.5. The minimum Gasteiger partial charge on any atom is -0.455 e. The lowest BCUT2D eigenvalue weighted by atomic mass is 9.98. The van der Waals surface area contributed by atoms with E-state index < -0.39 is 46.3 Å². The van der Waals surface area contributed by atoms with Crippen LogP contribution in [0.5, 0.6) is 0 Å². The first kappa shape index (κ1) is 23.8. The van der Waals surface area contributed by atoms with Gasteiger partial charge in [0.1, 0.15) is 5.82 Å². The van der Waals surface area contributed by atoms with E-state index in [1.165, 1.54) is 27.8 Å². The maximum atomic E-state index is 13.0. The Morgan fingerprint density at radius 1 is 1.12 bits per heavy atom. The van der Waals surface area contributed by atoms with E-state index in [0.717, 1.165) is 17.0 Å². The van der Waals surface area contributed by atoms with Gasteiger partial charge >= 0.3 is 12.0 Å². The average molecular weight is 484 g/mol. The highest BCUT2D eigenvalue weighted by Crippen LogP contribution is 2.24. The highest BCUT2D eigenvalue weighted by molar-refractivity contribution is 7.89. The maximum absolute atomic E-state index is 13.0. The molecule has 1 aromatic carbocycles. The van der Waals surface area contributed by atoms with E-state index in [4.69, 9.17) is 4.74 Å². The van der Waals surface area contributed by atoms with Crippen LogP contribution in [0.15, 0.2) is 46.7 Å². The third kappa shape index (κ3) is 6.34. The lowest BCUT2D eigenvalue weighted by Gasteiger charge is -2.30. The lowest BCUT2D eigenvalue weighted by molar-refractivity contribution is -0.153. The molecule has 0 atom stereocenters. The number of piperidine rings is 1. The second-order valence-electron chi connectivity index (χ2n) is 7.05. The van der Waals surface area contributed by atoms with E-state index in [9.17, 15) is 27.2 Å². The first-order valence-corrected chi connectivity index (χ1v) is 12.1. The van der Waals surface area contributed by atoms with Gasteiger partial charge in [-0.1, -0.05) is 6.07 Å². The van der Waals surface area contributed by atoms with E-state index in [2.05, 4.69) is 10.6 Å². The second kappa shape index (κ2) is 10.7. The van der Waals surface area contributed by atoms with Crippen molar-refractivity contribution in [2.45, 2.75) is 24.3 Å². The number of amides is 3. The molecule has 2 heterocycles. The van der Waals surface area contributed by atoms with Crippen LogP contribution in [0.25, 0.3) is 0 Å². The summed E-state index contributed by atoms with van der Waals surface area (Å²) in [5.41, 5.74) is 0. The molecule has 0 saturated carbocycles. The van der Waals surface area contributed by atoms with Crippen LogP contribution in [0.1, 0.15) is 17.7 Å². The van der Waals surface area contributed by atoms with Gasteiger partial charge in [0.25, 0.3) is 5.91 Å². The number of thiophene rings is 1. The predicted octanol–water partition coefficient (Wildman–Crippen LogP) is 1.86. The van der Waals surface area contributed by atoms with Gasteiger partial charge in [0.2, 0.25) is 10.0 Å². The smallest absolute Gasteiger partial charge is 0.321 e. The monoisotopic (exact) mass is 483 g/mol. The first-order chi connectivity index (χ1) is 15.3. The molecule has 9 nitrogen and oxygen atoms in total. The number of hydrogen-bond donors (Lipinski definition) is 2. The van der Waals surface area contributed by atoms with E-state index in [1.807, 2.05) is 17.5 Å². The predicted molar refractivity (Wildman–Crippen MR) is 114 cm³/mol. The number of imide groups is 1. The number of esters is 1. The zero-order chi connectivity index (χ0) is 23.1. The van der Waals surface area contributed by atoms with Crippen LogP contribution in [0, 0.1) is 11.7 Å². The molecule has 2 N–H and O–H groups in total. The molecule has 3 rings (SSSR count). The van der Waals surface area contributed by atoms with Crippen molar-refractivity contribution in [2.75, 3.05) is 19.7 Å². The topological polar surface area (TPSA) is 122 Å². The number of ether oxygens (including phenoxy) is 1. The van der Waals surface area contributed by atoms with Gasteiger partial charge in [-0.25, -0.2) is 17.6 Å². The number of hydrogen-bond acceptors (Lipinski definition) is 7. The molecule has 0 aliphatic carbocycles. The molecule has 1 saturated heterocycles. The molecule has 32 heavy (non-hydrogen) atoms. The largest absolute Gasteiger partial charge is 0.455 e. The van der Waals surface area contributed by atoms with Crippen molar-refractivity contribution >= 4 is 39.3 Å². The van der Waals surface area contributed by atoms with Crippen molar-refractivity contribution in [3.05, 3.63) is 52.5 Å². The Morgan fingerprint density at radius 2 is 1.81 bits per heavy atom. The number of nitrogens with one attached hydrogen (secondary N) is 2. The molecule has 1 fully saturated rings. The number of benzene rings is 1. The van der Waals surface area contributed by atoms with Crippen molar-refractivity contribution in [1.29, 1.82) is 0 Å². The van der Waals surface area contributed by atoms with Crippen molar-refractivity contribution in [2.24, 2.45) is 5.92 Å². The van der Waals surface area contributed by atoms with Crippen molar-refractivity contribution < 1.29 is 31.9 Å². The fourth-order valence-corrected chi connectivity index (χ4v) is 5.24. The van der Waals surface area contributed by atoms with Gasteiger partial charge in [0, 0.05) is 18.0 Å². The molecule has 1 aromatic heterocycles. The zero-order valence-corrected chi connectivity index (χ0v) is 18.6. The summed E-state index contributed by atoms with van der Waals surface area (Å²) in [5, 5.41) is 6.46. The molecule has 1 aliphatic heterocycles. The van der Waals surface area contributed by atoms with Crippen molar-refractivity contribution in [3.8, 4) is 0 Å². The molecular weight excluding hydrogens is 461 g/mol. The molecule has 0 bridgehead atoms. The number of sulfonamides is 1. The van der Waals surface area contributed by atoms with Gasteiger partial charge in [-0.15, -0.1) is 11.3 Å². The van der Waals surface area contributed by atoms with E-state index in [1.54, 1.807) is 0 Å². The van der Waals surface area contributed by atoms with Crippen molar-refractivity contribution in [3.63, 3.8) is 0 Å². The van der Waals surface area contributed by atoms with Crippen LogP contribution in [0.3, 0.4) is 0 Å². The summed E-state index contributed by atoms with van der Waals surface area (Å²) in [6.07, 6.45) is 0.449. The quantitative estimate of drug-likeness (QED) is 0.580. The third-order valence-corrected chi connectivity index (χ3v) is 7.63. The Labute approximate surface area is 188 Å². The summed E-state index contributed by atoms with van der Waals surface area (Å²) in [6.45, 7) is -0.150. The molecule has 172 valence electrons. The summed E-state index contributed by atoms with van der Waals surface area (Å²) >= 11 is 1.46. The third-order valence-electron chi connectivity index (χ3n) is 4.84. The summed E-state index contributed by atoms with van der Waals surface area (Å²) in [6, 6.07) is 7.52. The second-order valence-corrected chi connectivity index (χ2v) is 10.0. The maximum Gasteiger partial charge on any atom is 0.321 e. The number of carbonyl (C=O) groups excluding carboxylic acids is 3.